The highest BCUT2D eigenvalue weighted by Gasteiger charge is 2.08. The molecule has 8 heteroatoms. The molecule has 0 radical (unpaired) electrons. The van der Waals surface area contributed by atoms with Gasteiger partial charge in [-0.25, -0.2) is 4.98 Å². The number of hydrogen-bond donors (Lipinski definition) is 0. The zero-order valence-corrected chi connectivity index (χ0v) is 19.9. The van der Waals surface area contributed by atoms with Crippen LogP contribution < -0.4 is 4.90 Å². The molecule has 0 spiro atoms. The average Bonchev–Trinajstić information content (AvgIpc) is 3.37. The van der Waals surface area contributed by atoms with Crippen molar-refractivity contribution in [1.29, 1.82) is 0 Å². The number of allylic oxidation sites excluding steroid dienone is 1. The largest absolute Gasteiger partial charge is 0.372 e. The van der Waals surface area contributed by atoms with Gasteiger partial charge in [-0.15, -0.1) is 20.5 Å². The SMILES string of the molecule is CC=Cc1ccc(N=Nc2nc3sc(N=Nc4ccc(N(CC)CC)cc4)cc3s2)cc1. The van der Waals surface area contributed by atoms with Crippen LogP contribution in [-0.4, -0.2) is 18.1 Å². The molecular weight excluding hydrogens is 436 g/mol. The van der Waals surface area contributed by atoms with Crippen LogP contribution in [0.4, 0.5) is 27.2 Å². The minimum Gasteiger partial charge on any atom is -0.372 e. The highest BCUT2D eigenvalue weighted by Crippen LogP contribution is 2.39. The van der Waals surface area contributed by atoms with Gasteiger partial charge in [0.2, 0.25) is 5.13 Å². The molecule has 2 aromatic heterocycles. The first-order chi connectivity index (χ1) is 15.7. The van der Waals surface area contributed by atoms with Crippen molar-refractivity contribution in [3.05, 3.63) is 66.2 Å². The number of thiophene rings is 1. The molecule has 0 unspecified atom stereocenters. The Hall–Kier alpha value is -3.23. The van der Waals surface area contributed by atoms with E-state index < -0.39 is 0 Å². The van der Waals surface area contributed by atoms with Crippen LogP contribution in [-0.2, 0) is 0 Å². The summed E-state index contributed by atoms with van der Waals surface area (Å²) in [6.07, 6.45) is 4.06. The van der Waals surface area contributed by atoms with E-state index in [-0.39, 0.29) is 0 Å². The Kier molecular flexibility index (Phi) is 7.14. The van der Waals surface area contributed by atoms with Crippen LogP contribution in [0.2, 0.25) is 0 Å². The highest BCUT2D eigenvalue weighted by atomic mass is 32.1. The van der Waals surface area contributed by atoms with Gasteiger partial charge < -0.3 is 4.90 Å². The monoisotopic (exact) mass is 460 g/mol. The fraction of sp³-hybridized carbons (Fsp3) is 0.208. The maximum atomic E-state index is 4.56. The van der Waals surface area contributed by atoms with Crippen molar-refractivity contribution in [2.45, 2.75) is 20.8 Å². The third-order valence-electron chi connectivity index (χ3n) is 4.81. The molecule has 162 valence electrons. The quantitative estimate of drug-likeness (QED) is 0.246. The number of aromatic nitrogens is 1. The first kappa shape index (κ1) is 22.0. The second kappa shape index (κ2) is 10.4. The van der Waals surface area contributed by atoms with E-state index in [0.717, 1.165) is 44.6 Å². The van der Waals surface area contributed by atoms with Gasteiger partial charge >= 0.3 is 0 Å². The maximum absolute atomic E-state index is 4.56. The van der Waals surface area contributed by atoms with Crippen LogP contribution in [0.1, 0.15) is 26.3 Å². The van der Waals surface area contributed by atoms with Gasteiger partial charge in [0.05, 0.1) is 16.1 Å². The number of thiazole rings is 1. The predicted octanol–water partition coefficient (Wildman–Crippen LogP) is 9.07. The van der Waals surface area contributed by atoms with Gasteiger partial charge in [0.1, 0.15) is 9.83 Å². The van der Waals surface area contributed by atoms with E-state index in [4.69, 9.17) is 0 Å². The zero-order valence-electron chi connectivity index (χ0n) is 18.3. The molecule has 0 N–H and O–H groups in total. The molecule has 0 aliphatic heterocycles. The van der Waals surface area contributed by atoms with Gasteiger partial charge in [-0.3, -0.25) is 0 Å². The maximum Gasteiger partial charge on any atom is 0.231 e. The summed E-state index contributed by atoms with van der Waals surface area (Å²) in [6.45, 7) is 8.28. The molecule has 0 saturated carbocycles. The van der Waals surface area contributed by atoms with Crippen LogP contribution in [0.15, 0.2) is 81.1 Å². The second-order valence-electron chi connectivity index (χ2n) is 6.93. The Labute approximate surface area is 195 Å². The highest BCUT2D eigenvalue weighted by molar-refractivity contribution is 7.30. The molecule has 4 rings (SSSR count). The van der Waals surface area contributed by atoms with E-state index in [1.54, 1.807) is 0 Å². The Morgan fingerprint density at radius 1 is 0.844 bits per heavy atom. The molecule has 0 amide bonds. The number of rotatable bonds is 8. The Bertz CT molecular complexity index is 1210. The van der Waals surface area contributed by atoms with Gasteiger partial charge in [-0.1, -0.05) is 47.0 Å². The molecule has 0 bridgehead atoms. The van der Waals surface area contributed by atoms with Gasteiger partial charge in [0.15, 0.2) is 0 Å². The third kappa shape index (κ3) is 5.33. The first-order valence-electron chi connectivity index (χ1n) is 10.5. The molecular formula is C24H24N6S2. The molecule has 0 aliphatic carbocycles. The number of fused-ring (bicyclic) bond motifs is 1. The normalized spacial score (nSPS) is 12.1. The van der Waals surface area contributed by atoms with Crippen molar-refractivity contribution in [3.8, 4) is 0 Å². The van der Waals surface area contributed by atoms with Gasteiger partial charge in [-0.2, -0.15) is 0 Å². The van der Waals surface area contributed by atoms with Crippen molar-refractivity contribution in [2.24, 2.45) is 20.5 Å². The standard InChI is InChI=1S/C24H24N6S2/c1-4-7-17-8-10-18(11-9-17)27-29-24-25-23-21(31-24)16-22(32-23)28-26-19-12-14-20(15-13-19)30(5-2)6-3/h4,7-16H,5-6H2,1-3H3. The molecule has 32 heavy (non-hydrogen) atoms. The lowest BCUT2D eigenvalue weighted by Crippen LogP contribution is -2.21. The number of azo groups is 2. The lowest BCUT2D eigenvalue weighted by atomic mass is 10.2. The molecule has 2 heterocycles. The summed E-state index contributed by atoms with van der Waals surface area (Å²) in [5.41, 5.74) is 3.98. The summed E-state index contributed by atoms with van der Waals surface area (Å²) in [5, 5.41) is 18.8. The molecule has 4 aromatic rings. The van der Waals surface area contributed by atoms with Crippen LogP contribution in [0.5, 0.6) is 0 Å². The number of nitrogens with zero attached hydrogens (tertiary/aromatic N) is 6. The number of anilines is 1. The van der Waals surface area contributed by atoms with Gasteiger partial charge in [-0.05, 0) is 68.8 Å². The van der Waals surface area contributed by atoms with Crippen LogP contribution >= 0.6 is 22.7 Å². The van der Waals surface area contributed by atoms with E-state index in [9.17, 15) is 0 Å². The van der Waals surface area contributed by atoms with Crippen molar-refractivity contribution in [3.63, 3.8) is 0 Å². The summed E-state index contributed by atoms with van der Waals surface area (Å²) < 4.78 is 1.04. The summed E-state index contributed by atoms with van der Waals surface area (Å²) in [4.78, 5) is 7.76. The summed E-state index contributed by atoms with van der Waals surface area (Å²) in [6, 6.07) is 18.1. The molecule has 0 aliphatic rings. The van der Waals surface area contributed by atoms with Crippen LogP contribution in [0.3, 0.4) is 0 Å². The van der Waals surface area contributed by atoms with Crippen LogP contribution in [0.25, 0.3) is 15.6 Å². The second-order valence-corrected chi connectivity index (χ2v) is 8.95. The van der Waals surface area contributed by atoms with Crippen LogP contribution in [0, 0.1) is 0 Å². The fourth-order valence-corrected chi connectivity index (χ4v) is 5.02. The predicted molar refractivity (Wildman–Crippen MR) is 137 cm³/mol. The molecule has 2 aromatic carbocycles. The van der Waals surface area contributed by atoms with E-state index in [1.165, 1.54) is 28.4 Å². The minimum atomic E-state index is 0.638. The number of benzene rings is 2. The fourth-order valence-electron chi connectivity index (χ4n) is 3.17. The lowest BCUT2D eigenvalue weighted by Gasteiger charge is -2.20. The Balaban J connectivity index is 1.42. The average molecular weight is 461 g/mol. The lowest BCUT2D eigenvalue weighted by molar-refractivity contribution is 0.866. The van der Waals surface area contributed by atoms with E-state index >= 15 is 0 Å². The minimum absolute atomic E-state index is 0.638. The Morgan fingerprint density at radius 2 is 1.50 bits per heavy atom. The van der Waals surface area contributed by atoms with E-state index in [2.05, 4.69) is 56.3 Å². The summed E-state index contributed by atoms with van der Waals surface area (Å²) >= 11 is 3.00. The Morgan fingerprint density at radius 3 is 2.12 bits per heavy atom. The van der Waals surface area contributed by atoms with E-state index in [0.29, 0.717) is 5.13 Å². The smallest absolute Gasteiger partial charge is 0.231 e. The first-order valence-corrected chi connectivity index (χ1v) is 12.1. The van der Waals surface area contributed by atoms with Crippen molar-refractivity contribution < 1.29 is 0 Å². The summed E-state index contributed by atoms with van der Waals surface area (Å²) in [5.74, 6) is 0. The number of hydrogen-bond acceptors (Lipinski definition) is 8. The molecule has 0 fully saturated rings. The topological polar surface area (TPSA) is 65.6 Å². The molecule has 0 atom stereocenters. The molecule has 6 nitrogen and oxygen atoms in total. The zero-order chi connectivity index (χ0) is 22.3. The third-order valence-corrected chi connectivity index (χ3v) is 6.74. The van der Waals surface area contributed by atoms with Crippen molar-refractivity contribution >= 4 is 65.5 Å². The van der Waals surface area contributed by atoms with E-state index in [1.807, 2.05) is 61.5 Å². The van der Waals surface area contributed by atoms with Gasteiger partial charge in [0.25, 0.3) is 0 Å². The van der Waals surface area contributed by atoms with Crippen molar-refractivity contribution in [1.82, 2.24) is 4.98 Å². The van der Waals surface area contributed by atoms with Crippen molar-refractivity contribution in [2.75, 3.05) is 18.0 Å². The molecule has 0 saturated heterocycles. The van der Waals surface area contributed by atoms with Gasteiger partial charge in [0, 0.05) is 18.8 Å². The summed E-state index contributed by atoms with van der Waals surface area (Å²) in [7, 11) is 0.